The normalized spacial score (nSPS) is 8.68. The Morgan fingerprint density at radius 3 is 2.08 bits per heavy atom. The van der Waals surface area contributed by atoms with Gasteiger partial charge in [0.2, 0.25) is 0 Å². The molecule has 130 valence electrons. The minimum Gasteiger partial charge on any atom is -0.478 e. The summed E-state index contributed by atoms with van der Waals surface area (Å²) < 4.78 is 2.74. The van der Waals surface area contributed by atoms with E-state index in [0.717, 1.165) is 10.7 Å². The molecule has 0 atom stereocenters. The summed E-state index contributed by atoms with van der Waals surface area (Å²) >= 11 is 6.29. The number of carboxylic acids is 1. The van der Waals surface area contributed by atoms with Gasteiger partial charge in [-0.15, -0.1) is 0 Å². The van der Waals surface area contributed by atoms with Gasteiger partial charge in [-0.1, -0.05) is 49.9 Å². The number of aromatic carboxylic acids is 1. The number of halogens is 3. The van der Waals surface area contributed by atoms with Crippen LogP contribution in [-0.2, 0) is 0 Å². The Balaban J connectivity index is 0. The molecule has 2 rings (SSSR count). The van der Waals surface area contributed by atoms with Crippen molar-refractivity contribution >= 4 is 79.8 Å². The van der Waals surface area contributed by atoms with Crippen molar-refractivity contribution in [3.8, 4) is 0 Å². The average molecular weight is 668 g/mol. The van der Waals surface area contributed by atoms with Crippen LogP contribution < -0.4 is 18.9 Å². The zero-order chi connectivity index (χ0) is 18.5. The number of unbranched alkanes of at least 4 members (excludes halogenated alkanes) is 1. The second-order valence-electron chi connectivity index (χ2n) is 4.49. The van der Waals surface area contributed by atoms with Crippen LogP contribution in [0.3, 0.4) is 0 Å². The van der Waals surface area contributed by atoms with Crippen molar-refractivity contribution in [3.05, 3.63) is 77.3 Å². The van der Waals surface area contributed by atoms with Crippen LogP contribution >= 0.6 is 67.8 Å². The summed E-state index contributed by atoms with van der Waals surface area (Å²) in [4.78, 5) is 10.7. The van der Waals surface area contributed by atoms with E-state index >= 15 is 0 Å². The molecule has 25 heavy (non-hydrogen) atoms. The van der Waals surface area contributed by atoms with Crippen LogP contribution in [0.25, 0.3) is 6.08 Å². The van der Waals surface area contributed by atoms with E-state index in [0.29, 0.717) is 5.56 Å². The smallest absolute Gasteiger partial charge is 0.478 e. The zero-order valence-electron chi connectivity index (χ0n) is 14.6. The van der Waals surface area contributed by atoms with Gasteiger partial charge in [0.05, 0.1) is 5.56 Å². The maximum Gasteiger partial charge on any atom is 1.00 e. The first-order chi connectivity index (χ1) is 11.4. The van der Waals surface area contributed by atoms with Gasteiger partial charge >= 0.3 is 24.8 Å². The summed E-state index contributed by atoms with van der Waals surface area (Å²) in [6.45, 7) is 7.81. The summed E-state index contributed by atoms with van der Waals surface area (Å²) in [6, 6.07) is 13.7. The van der Waals surface area contributed by atoms with Gasteiger partial charge in [0.1, 0.15) is 0 Å². The van der Waals surface area contributed by atoms with Crippen molar-refractivity contribution in [2.45, 2.75) is 20.3 Å². The van der Waals surface area contributed by atoms with Gasteiger partial charge in [-0.25, -0.2) is 4.79 Å². The molecular weight excluding hydrogens is 648 g/mol. The number of benzene rings is 2. The van der Waals surface area contributed by atoms with Crippen LogP contribution in [0.5, 0.6) is 0 Å². The molecule has 1 N–H and O–H groups in total. The van der Waals surface area contributed by atoms with Crippen LogP contribution in [0.15, 0.2) is 49.0 Å². The first-order valence-corrected chi connectivity index (χ1v) is 10.4. The van der Waals surface area contributed by atoms with Crippen molar-refractivity contribution in [2.24, 2.45) is 0 Å². The van der Waals surface area contributed by atoms with Crippen LogP contribution in [0.4, 0.5) is 0 Å². The van der Waals surface area contributed by atoms with E-state index in [1.54, 1.807) is 6.07 Å². The van der Waals surface area contributed by atoms with Crippen molar-refractivity contribution < 1.29 is 28.8 Å². The Kier molecular flexibility index (Phi) is 18.4. The Morgan fingerprint density at radius 2 is 1.72 bits per heavy atom. The molecule has 0 bridgehead atoms. The van der Waals surface area contributed by atoms with E-state index in [2.05, 4.69) is 72.0 Å². The molecule has 2 aromatic rings. The third kappa shape index (κ3) is 12.4. The van der Waals surface area contributed by atoms with E-state index in [1.165, 1.54) is 12.0 Å². The molecule has 2 aromatic carbocycles. The number of carbonyl (C=O) groups is 1. The summed E-state index contributed by atoms with van der Waals surface area (Å²) in [5.74, 6) is -0.865. The van der Waals surface area contributed by atoms with Crippen LogP contribution in [0, 0.1) is 17.1 Å². The van der Waals surface area contributed by atoms with Gasteiger partial charge in [0.15, 0.2) is 0 Å². The SMILES string of the molecule is C=Cc1ccccc1.C[CH-]CC.O=C(O)c1cc(I)cc(I)c1I.[Li+]. The third-order valence-corrected chi connectivity index (χ3v) is 6.33. The first-order valence-electron chi connectivity index (χ1n) is 7.20. The minimum absolute atomic E-state index is 0. The van der Waals surface area contributed by atoms with E-state index in [-0.39, 0.29) is 18.9 Å². The van der Waals surface area contributed by atoms with Gasteiger partial charge in [-0.3, -0.25) is 0 Å². The second kappa shape index (κ2) is 16.6. The molecule has 6 heteroatoms. The van der Waals surface area contributed by atoms with Crippen molar-refractivity contribution in [1.82, 2.24) is 0 Å². The fourth-order valence-corrected chi connectivity index (χ4v) is 3.69. The van der Waals surface area contributed by atoms with Gasteiger partial charge in [-0.05, 0) is 85.5 Å². The minimum atomic E-state index is -0.865. The van der Waals surface area contributed by atoms with Crippen molar-refractivity contribution in [2.75, 3.05) is 0 Å². The standard InChI is InChI=1S/C8H8.C7H3I3O2.C4H9.Li/c1-2-8-6-4-3-5-7-8;8-3-1-4(7(11)12)6(10)5(9)2-3;1-3-4-2;/h2-7H,1H2;1-2H,(H,11,12);3H,4H2,1-2H3;/q;;-1;+1. The largest absolute Gasteiger partial charge is 1.00 e. The molecule has 0 saturated heterocycles. The number of carboxylic acid groups (broad SMARTS) is 1. The summed E-state index contributed by atoms with van der Waals surface area (Å²) in [5, 5.41) is 8.80. The maximum absolute atomic E-state index is 10.7. The van der Waals surface area contributed by atoms with E-state index in [9.17, 15) is 4.79 Å². The summed E-state index contributed by atoms with van der Waals surface area (Å²) in [5.41, 5.74) is 1.56. The van der Waals surface area contributed by atoms with Crippen molar-refractivity contribution in [1.29, 1.82) is 0 Å². The van der Waals surface area contributed by atoms with E-state index < -0.39 is 5.97 Å². The zero-order valence-corrected chi connectivity index (χ0v) is 21.1. The third-order valence-electron chi connectivity index (χ3n) is 2.67. The quantitative estimate of drug-likeness (QED) is 0.231. The average Bonchev–Trinajstić information content (AvgIpc) is 2.59. The van der Waals surface area contributed by atoms with Gasteiger partial charge in [-0.2, -0.15) is 13.3 Å². The monoisotopic (exact) mass is 668 g/mol. The Labute approximate surface area is 203 Å². The molecule has 2 nitrogen and oxygen atoms in total. The molecular formula is C19H20I3LiO2. The predicted octanol–water partition coefficient (Wildman–Crippen LogP) is 4.15. The van der Waals surface area contributed by atoms with Crippen molar-refractivity contribution in [3.63, 3.8) is 0 Å². The molecule has 0 spiro atoms. The van der Waals surface area contributed by atoms with Gasteiger partial charge < -0.3 is 11.5 Å². The van der Waals surface area contributed by atoms with E-state index in [1.807, 2.05) is 65.1 Å². The number of hydrogen-bond acceptors (Lipinski definition) is 1. The molecule has 0 fully saturated rings. The van der Waals surface area contributed by atoms with Gasteiger partial charge in [0, 0.05) is 10.7 Å². The molecule has 0 unspecified atom stereocenters. The fourth-order valence-electron chi connectivity index (χ4n) is 1.30. The molecule has 0 aliphatic heterocycles. The van der Waals surface area contributed by atoms with Crippen LogP contribution in [-0.4, -0.2) is 11.1 Å². The topological polar surface area (TPSA) is 37.3 Å². The number of hydrogen-bond donors (Lipinski definition) is 1. The van der Waals surface area contributed by atoms with Crippen LogP contribution in [0.2, 0.25) is 0 Å². The molecule has 0 aromatic heterocycles. The summed E-state index contributed by atoms with van der Waals surface area (Å²) in [7, 11) is 0. The van der Waals surface area contributed by atoms with Crippen LogP contribution in [0.1, 0.15) is 36.2 Å². The summed E-state index contributed by atoms with van der Waals surface area (Å²) in [6.07, 6.45) is 5.15. The first kappa shape index (κ1) is 27.7. The molecule has 0 saturated carbocycles. The molecule has 0 heterocycles. The fraction of sp³-hybridized carbons (Fsp3) is 0.158. The molecule has 0 amide bonds. The Bertz CT molecular complexity index is 645. The predicted molar refractivity (Wildman–Crippen MR) is 128 cm³/mol. The molecule has 0 radical (unpaired) electrons. The Hall–Kier alpha value is 0.437. The van der Waals surface area contributed by atoms with E-state index in [4.69, 9.17) is 5.11 Å². The Morgan fingerprint density at radius 1 is 1.20 bits per heavy atom. The second-order valence-corrected chi connectivity index (χ2v) is 7.97. The maximum atomic E-state index is 10.7. The molecule has 0 aliphatic carbocycles. The molecule has 0 aliphatic rings. The van der Waals surface area contributed by atoms with Gasteiger partial charge in [0.25, 0.3) is 0 Å². The number of rotatable bonds is 3.